The molecule has 0 spiro atoms. The summed E-state index contributed by atoms with van der Waals surface area (Å²) in [6.07, 6.45) is 0.606. The second-order valence-electron chi connectivity index (χ2n) is 6.32. The van der Waals surface area contributed by atoms with E-state index in [9.17, 15) is 19.2 Å². The van der Waals surface area contributed by atoms with Crippen molar-refractivity contribution in [1.29, 1.82) is 0 Å². The van der Waals surface area contributed by atoms with Gasteiger partial charge < -0.3 is 19.2 Å². The van der Waals surface area contributed by atoms with Gasteiger partial charge in [0.05, 0.1) is 17.7 Å². The van der Waals surface area contributed by atoms with Gasteiger partial charge in [0, 0.05) is 11.3 Å². The second-order valence-corrected chi connectivity index (χ2v) is 6.32. The van der Waals surface area contributed by atoms with Crippen LogP contribution in [-0.4, -0.2) is 37.3 Å². The summed E-state index contributed by atoms with van der Waals surface area (Å²) in [6.45, 7) is 1.52. The fraction of sp³-hybridized carbons (Fsp3) is 0.130. The molecular formula is C23H19NO7. The lowest BCUT2D eigenvalue weighted by molar-refractivity contribution is -0.119. The third-order valence-corrected chi connectivity index (χ3v) is 4.16. The number of rotatable bonds is 8. The van der Waals surface area contributed by atoms with Crippen molar-refractivity contribution in [1.82, 2.24) is 0 Å². The van der Waals surface area contributed by atoms with E-state index in [-0.39, 0.29) is 17.9 Å². The lowest BCUT2D eigenvalue weighted by Gasteiger charge is -2.08. The molecule has 1 aromatic heterocycles. The zero-order valence-electron chi connectivity index (χ0n) is 16.6. The number of hydrogen-bond donors (Lipinski definition) is 1. The smallest absolute Gasteiger partial charge is 0.338 e. The average Bonchev–Trinajstić information content (AvgIpc) is 3.27. The summed E-state index contributed by atoms with van der Waals surface area (Å²) >= 11 is 0. The number of furan rings is 1. The largest absolute Gasteiger partial charge is 0.462 e. The van der Waals surface area contributed by atoms with Crippen LogP contribution >= 0.6 is 0 Å². The van der Waals surface area contributed by atoms with Gasteiger partial charge in [0.1, 0.15) is 5.76 Å². The number of amides is 1. The van der Waals surface area contributed by atoms with E-state index >= 15 is 0 Å². The monoisotopic (exact) mass is 421 g/mol. The Labute approximate surface area is 177 Å². The number of carbonyl (C=O) groups excluding carboxylic acids is 4. The number of benzene rings is 2. The van der Waals surface area contributed by atoms with E-state index in [1.54, 1.807) is 43.3 Å². The summed E-state index contributed by atoms with van der Waals surface area (Å²) in [5.74, 6) is -0.926. The van der Waals surface area contributed by atoms with Crippen molar-refractivity contribution in [3.63, 3.8) is 0 Å². The molecule has 0 atom stereocenters. The molecule has 0 fully saturated rings. The molecule has 0 saturated heterocycles. The van der Waals surface area contributed by atoms with Gasteiger partial charge in [-0.25, -0.2) is 9.59 Å². The first-order valence-electron chi connectivity index (χ1n) is 9.39. The zero-order valence-corrected chi connectivity index (χ0v) is 16.6. The molecule has 1 N–H and O–H groups in total. The van der Waals surface area contributed by atoms with E-state index in [0.29, 0.717) is 28.9 Å². The Morgan fingerprint density at radius 2 is 1.48 bits per heavy atom. The number of nitrogens with one attached hydrogen (secondary N) is 1. The zero-order chi connectivity index (χ0) is 22.2. The van der Waals surface area contributed by atoms with Crippen LogP contribution in [0.5, 0.6) is 0 Å². The summed E-state index contributed by atoms with van der Waals surface area (Å²) in [4.78, 5) is 46.5. The van der Waals surface area contributed by atoms with Crippen LogP contribution in [0.25, 0.3) is 11.3 Å². The Morgan fingerprint density at radius 1 is 0.871 bits per heavy atom. The molecule has 1 amide bonds. The van der Waals surface area contributed by atoms with Crippen LogP contribution in [0.4, 0.5) is 5.69 Å². The number of anilines is 1. The minimum Gasteiger partial charge on any atom is -0.462 e. The molecule has 0 radical (unpaired) electrons. The average molecular weight is 421 g/mol. The van der Waals surface area contributed by atoms with Crippen LogP contribution in [0.1, 0.15) is 38.2 Å². The Hall–Kier alpha value is -4.20. The van der Waals surface area contributed by atoms with E-state index in [1.807, 2.05) is 0 Å². The lowest BCUT2D eigenvalue weighted by atomic mass is 10.1. The SMILES string of the molecule is CCOC(=O)c1ccc(NC(=O)COC(=O)c2ccc(-c3ccc(C=O)o3)cc2)cc1. The van der Waals surface area contributed by atoms with Crippen LogP contribution < -0.4 is 5.32 Å². The normalized spacial score (nSPS) is 10.2. The van der Waals surface area contributed by atoms with Crippen LogP contribution in [0.2, 0.25) is 0 Å². The molecule has 0 saturated carbocycles. The van der Waals surface area contributed by atoms with E-state index < -0.39 is 24.5 Å². The van der Waals surface area contributed by atoms with Gasteiger partial charge in [-0.2, -0.15) is 0 Å². The molecule has 0 bridgehead atoms. The summed E-state index contributed by atoms with van der Waals surface area (Å²) in [6, 6.07) is 15.7. The highest BCUT2D eigenvalue weighted by molar-refractivity contribution is 5.96. The maximum atomic E-state index is 12.2. The summed E-state index contributed by atoms with van der Waals surface area (Å²) in [5.41, 5.74) is 1.77. The summed E-state index contributed by atoms with van der Waals surface area (Å²) in [5, 5.41) is 2.58. The van der Waals surface area contributed by atoms with E-state index in [4.69, 9.17) is 13.9 Å². The van der Waals surface area contributed by atoms with Crippen LogP contribution in [0.15, 0.2) is 65.1 Å². The molecular weight excluding hydrogens is 402 g/mol. The summed E-state index contributed by atoms with van der Waals surface area (Å²) in [7, 11) is 0. The number of aldehydes is 1. The highest BCUT2D eigenvalue weighted by Crippen LogP contribution is 2.22. The van der Waals surface area contributed by atoms with Crippen molar-refractivity contribution in [2.45, 2.75) is 6.92 Å². The summed E-state index contributed by atoms with van der Waals surface area (Å²) < 4.78 is 15.2. The van der Waals surface area contributed by atoms with Crippen molar-refractivity contribution < 1.29 is 33.1 Å². The maximum absolute atomic E-state index is 12.2. The van der Waals surface area contributed by atoms with Gasteiger partial charge in [-0.3, -0.25) is 9.59 Å². The van der Waals surface area contributed by atoms with Crippen LogP contribution in [-0.2, 0) is 14.3 Å². The first-order valence-corrected chi connectivity index (χ1v) is 9.39. The molecule has 8 heteroatoms. The van der Waals surface area contributed by atoms with Crippen molar-refractivity contribution in [2.75, 3.05) is 18.5 Å². The highest BCUT2D eigenvalue weighted by Gasteiger charge is 2.12. The predicted octanol–water partition coefficient (Wildman–Crippen LogP) is 3.73. The topological polar surface area (TPSA) is 112 Å². The predicted molar refractivity (Wildman–Crippen MR) is 111 cm³/mol. The van der Waals surface area contributed by atoms with Crippen molar-refractivity contribution in [3.05, 3.63) is 77.6 Å². The van der Waals surface area contributed by atoms with Crippen molar-refractivity contribution in [2.24, 2.45) is 0 Å². The van der Waals surface area contributed by atoms with Crippen LogP contribution in [0, 0.1) is 0 Å². The maximum Gasteiger partial charge on any atom is 0.338 e. The molecule has 0 aliphatic heterocycles. The quantitative estimate of drug-likeness (QED) is 0.436. The molecule has 31 heavy (non-hydrogen) atoms. The molecule has 8 nitrogen and oxygen atoms in total. The van der Waals surface area contributed by atoms with Crippen molar-refractivity contribution >= 4 is 29.8 Å². The Kier molecular flexibility index (Phi) is 6.95. The van der Waals surface area contributed by atoms with Gasteiger partial charge in [-0.05, 0) is 55.5 Å². The Morgan fingerprint density at radius 3 is 2.06 bits per heavy atom. The van der Waals surface area contributed by atoms with Crippen molar-refractivity contribution in [3.8, 4) is 11.3 Å². The molecule has 0 aliphatic rings. The first-order chi connectivity index (χ1) is 15.0. The lowest BCUT2D eigenvalue weighted by Crippen LogP contribution is -2.21. The Balaban J connectivity index is 1.51. The minimum atomic E-state index is -0.660. The molecule has 1 heterocycles. The van der Waals surface area contributed by atoms with Gasteiger partial charge in [0.25, 0.3) is 5.91 Å². The van der Waals surface area contributed by atoms with Gasteiger partial charge in [-0.1, -0.05) is 12.1 Å². The van der Waals surface area contributed by atoms with E-state index in [1.165, 1.54) is 24.3 Å². The molecule has 2 aromatic carbocycles. The molecule has 0 unspecified atom stereocenters. The minimum absolute atomic E-state index is 0.208. The second kappa shape index (κ2) is 10.0. The van der Waals surface area contributed by atoms with Gasteiger partial charge in [0.15, 0.2) is 18.7 Å². The third kappa shape index (κ3) is 5.66. The van der Waals surface area contributed by atoms with Gasteiger partial charge in [0.2, 0.25) is 0 Å². The third-order valence-electron chi connectivity index (χ3n) is 4.16. The van der Waals surface area contributed by atoms with Crippen LogP contribution in [0.3, 0.4) is 0 Å². The van der Waals surface area contributed by atoms with Gasteiger partial charge >= 0.3 is 11.9 Å². The standard InChI is InChI=1S/C23H19NO7/c1-2-29-22(27)17-7-9-18(10-8-17)24-21(26)14-30-23(28)16-5-3-15(4-6-16)20-12-11-19(13-25)31-20/h3-13H,2,14H2,1H3,(H,24,26). The Bertz CT molecular complexity index is 1080. The molecule has 3 rings (SSSR count). The van der Waals surface area contributed by atoms with E-state index in [2.05, 4.69) is 5.32 Å². The fourth-order valence-corrected chi connectivity index (χ4v) is 2.66. The molecule has 3 aromatic rings. The number of ether oxygens (including phenoxy) is 2. The first kappa shape index (κ1) is 21.5. The number of esters is 2. The highest BCUT2D eigenvalue weighted by atomic mass is 16.5. The molecule has 158 valence electrons. The van der Waals surface area contributed by atoms with E-state index in [0.717, 1.165) is 0 Å². The number of hydrogen-bond acceptors (Lipinski definition) is 7. The molecule has 0 aliphatic carbocycles. The number of carbonyl (C=O) groups is 4. The fourth-order valence-electron chi connectivity index (χ4n) is 2.66. The van der Waals surface area contributed by atoms with Gasteiger partial charge in [-0.15, -0.1) is 0 Å².